The van der Waals surface area contributed by atoms with Crippen LogP contribution in [-0.2, 0) is 9.47 Å². The monoisotopic (exact) mass is 266 g/mol. The van der Waals surface area contributed by atoms with Crippen LogP contribution >= 0.6 is 0 Å². The third-order valence-corrected chi connectivity index (χ3v) is 2.44. The number of urea groups is 1. The number of hydrogen-bond donors (Lipinski definition) is 2. The van der Waals surface area contributed by atoms with Crippen molar-refractivity contribution < 1.29 is 14.3 Å². The Labute approximate surface area is 114 Å². The maximum absolute atomic E-state index is 11.7. The van der Waals surface area contributed by atoms with Crippen molar-refractivity contribution in [3.8, 4) is 0 Å². The molecule has 0 aromatic heterocycles. The number of nitrogens with one attached hydrogen (secondary N) is 2. The van der Waals surface area contributed by atoms with Gasteiger partial charge in [0.05, 0.1) is 6.54 Å². The van der Waals surface area contributed by atoms with Gasteiger partial charge in [-0.25, -0.2) is 4.79 Å². The van der Waals surface area contributed by atoms with Crippen LogP contribution < -0.4 is 10.6 Å². The van der Waals surface area contributed by atoms with Gasteiger partial charge >= 0.3 is 6.03 Å². The van der Waals surface area contributed by atoms with E-state index in [4.69, 9.17) is 9.47 Å². The van der Waals surface area contributed by atoms with Gasteiger partial charge in [0.15, 0.2) is 6.29 Å². The lowest BCUT2D eigenvalue weighted by molar-refractivity contribution is -0.131. The molecule has 0 saturated carbocycles. The highest BCUT2D eigenvalue weighted by Crippen LogP contribution is 2.08. The first kappa shape index (κ1) is 15.5. The van der Waals surface area contributed by atoms with Gasteiger partial charge in [0, 0.05) is 18.9 Å². The Morgan fingerprint density at radius 2 is 1.74 bits per heavy atom. The van der Waals surface area contributed by atoms with Crippen LogP contribution in [-0.4, -0.2) is 32.1 Å². The van der Waals surface area contributed by atoms with Crippen molar-refractivity contribution in [2.75, 3.05) is 25.1 Å². The van der Waals surface area contributed by atoms with Gasteiger partial charge in [-0.3, -0.25) is 0 Å². The summed E-state index contributed by atoms with van der Waals surface area (Å²) >= 11 is 0. The van der Waals surface area contributed by atoms with Crippen molar-refractivity contribution in [1.82, 2.24) is 5.32 Å². The Kier molecular flexibility index (Phi) is 6.92. The lowest BCUT2D eigenvalue weighted by Gasteiger charge is -2.17. The predicted molar refractivity (Wildman–Crippen MR) is 75.2 cm³/mol. The summed E-state index contributed by atoms with van der Waals surface area (Å²) in [5.74, 6) is 0. The number of hydrogen-bond acceptors (Lipinski definition) is 3. The number of anilines is 1. The summed E-state index contributed by atoms with van der Waals surface area (Å²) in [6.45, 7) is 7.19. The van der Waals surface area contributed by atoms with Gasteiger partial charge in [-0.1, -0.05) is 17.7 Å². The lowest BCUT2D eigenvalue weighted by Crippen LogP contribution is -2.37. The molecule has 0 heterocycles. The number of carbonyl (C=O) groups excluding carboxylic acids is 1. The Bertz CT molecular complexity index is 373. The molecule has 0 fully saturated rings. The molecule has 1 rings (SSSR count). The molecular weight excluding hydrogens is 244 g/mol. The average molecular weight is 266 g/mol. The highest BCUT2D eigenvalue weighted by atomic mass is 16.7. The first-order valence-electron chi connectivity index (χ1n) is 6.50. The van der Waals surface area contributed by atoms with Crippen molar-refractivity contribution >= 4 is 11.7 Å². The molecule has 1 aromatic rings. The van der Waals surface area contributed by atoms with Crippen LogP contribution in [0.15, 0.2) is 24.3 Å². The third kappa shape index (κ3) is 6.22. The molecule has 0 aliphatic carbocycles. The molecule has 5 heteroatoms. The summed E-state index contributed by atoms with van der Waals surface area (Å²) in [4.78, 5) is 11.7. The van der Waals surface area contributed by atoms with E-state index in [2.05, 4.69) is 10.6 Å². The molecule has 0 aliphatic heterocycles. The van der Waals surface area contributed by atoms with E-state index in [9.17, 15) is 4.79 Å². The second-order valence-electron chi connectivity index (χ2n) is 4.04. The average Bonchev–Trinajstić information content (AvgIpc) is 2.39. The van der Waals surface area contributed by atoms with E-state index >= 15 is 0 Å². The largest absolute Gasteiger partial charge is 0.351 e. The van der Waals surface area contributed by atoms with E-state index in [1.165, 1.54) is 0 Å². The SMILES string of the molecule is CCOC(CNC(=O)Nc1ccc(C)cc1)OCC. The fourth-order valence-corrected chi connectivity index (χ4v) is 1.53. The number of aryl methyl sites for hydroxylation is 1. The molecule has 0 unspecified atom stereocenters. The zero-order chi connectivity index (χ0) is 14.1. The van der Waals surface area contributed by atoms with E-state index in [0.29, 0.717) is 19.8 Å². The molecule has 0 spiro atoms. The maximum Gasteiger partial charge on any atom is 0.319 e. The fraction of sp³-hybridized carbons (Fsp3) is 0.500. The van der Waals surface area contributed by atoms with E-state index < -0.39 is 6.29 Å². The first-order valence-corrected chi connectivity index (χ1v) is 6.50. The van der Waals surface area contributed by atoms with Crippen LogP contribution in [0.3, 0.4) is 0 Å². The zero-order valence-corrected chi connectivity index (χ0v) is 11.7. The molecule has 5 nitrogen and oxygen atoms in total. The van der Waals surface area contributed by atoms with Crippen molar-refractivity contribution in [3.63, 3.8) is 0 Å². The lowest BCUT2D eigenvalue weighted by atomic mass is 10.2. The second-order valence-corrected chi connectivity index (χ2v) is 4.04. The van der Waals surface area contributed by atoms with E-state index in [-0.39, 0.29) is 6.03 Å². The van der Waals surface area contributed by atoms with Crippen LogP contribution in [0.1, 0.15) is 19.4 Å². The smallest absolute Gasteiger partial charge is 0.319 e. The molecule has 2 N–H and O–H groups in total. The standard InChI is InChI=1S/C14H22N2O3/c1-4-18-13(19-5-2)10-15-14(17)16-12-8-6-11(3)7-9-12/h6-9,13H,4-5,10H2,1-3H3,(H2,15,16,17). The summed E-state index contributed by atoms with van der Waals surface area (Å²) in [7, 11) is 0. The van der Waals surface area contributed by atoms with Crippen LogP contribution in [0.4, 0.5) is 10.5 Å². The van der Waals surface area contributed by atoms with Crippen molar-refractivity contribution in [2.24, 2.45) is 0 Å². The quantitative estimate of drug-likeness (QED) is 0.745. The van der Waals surface area contributed by atoms with Crippen LogP contribution in [0, 0.1) is 6.92 Å². The van der Waals surface area contributed by atoms with E-state index in [1.807, 2.05) is 45.0 Å². The minimum atomic E-state index is -0.404. The van der Waals surface area contributed by atoms with E-state index in [0.717, 1.165) is 11.3 Å². The summed E-state index contributed by atoms with van der Waals surface area (Å²) in [5.41, 5.74) is 1.91. The summed E-state index contributed by atoms with van der Waals surface area (Å²) in [6.07, 6.45) is -0.404. The van der Waals surface area contributed by atoms with Gasteiger partial charge in [0.2, 0.25) is 0 Å². The fourth-order valence-electron chi connectivity index (χ4n) is 1.53. The number of ether oxygens (including phenoxy) is 2. The Morgan fingerprint density at radius 1 is 1.16 bits per heavy atom. The highest BCUT2D eigenvalue weighted by Gasteiger charge is 2.09. The third-order valence-electron chi connectivity index (χ3n) is 2.44. The molecule has 19 heavy (non-hydrogen) atoms. The summed E-state index contributed by atoms with van der Waals surface area (Å²) in [6, 6.07) is 7.33. The number of carbonyl (C=O) groups is 1. The maximum atomic E-state index is 11.7. The Morgan fingerprint density at radius 3 is 2.26 bits per heavy atom. The van der Waals surface area contributed by atoms with Gasteiger partial charge in [-0.15, -0.1) is 0 Å². The minimum absolute atomic E-state index is 0.270. The second kappa shape index (κ2) is 8.50. The van der Waals surface area contributed by atoms with Crippen molar-refractivity contribution in [2.45, 2.75) is 27.1 Å². The number of amides is 2. The Balaban J connectivity index is 2.35. The van der Waals surface area contributed by atoms with Gasteiger partial charge in [-0.2, -0.15) is 0 Å². The molecule has 0 atom stereocenters. The molecule has 0 aliphatic rings. The first-order chi connectivity index (χ1) is 9.15. The van der Waals surface area contributed by atoms with Gasteiger partial charge in [-0.05, 0) is 32.9 Å². The molecular formula is C14H22N2O3. The topological polar surface area (TPSA) is 59.6 Å². The normalized spacial score (nSPS) is 10.5. The summed E-state index contributed by atoms with van der Waals surface area (Å²) < 4.78 is 10.7. The molecule has 0 saturated heterocycles. The van der Waals surface area contributed by atoms with E-state index in [1.54, 1.807) is 0 Å². The number of rotatable bonds is 7. The highest BCUT2D eigenvalue weighted by molar-refractivity contribution is 5.89. The van der Waals surface area contributed by atoms with Gasteiger partial charge in [0.25, 0.3) is 0 Å². The molecule has 1 aromatic carbocycles. The number of benzene rings is 1. The van der Waals surface area contributed by atoms with Crippen molar-refractivity contribution in [1.29, 1.82) is 0 Å². The molecule has 2 amide bonds. The van der Waals surface area contributed by atoms with Crippen LogP contribution in [0.2, 0.25) is 0 Å². The van der Waals surface area contributed by atoms with Gasteiger partial charge < -0.3 is 20.1 Å². The van der Waals surface area contributed by atoms with Gasteiger partial charge in [0.1, 0.15) is 0 Å². The Hall–Kier alpha value is -1.59. The van der Waals surface area contributed by atoms with Crippen LogP contribution in [0.25, 0.3) is 0 Å². The summed E-state index contributed by atoms with van der Waals surface area (Å²) in [5, 5.41) is 5.46. The molecule has 0 bridgehead atoms. The molecule has 106 valence electrons. The minimum Gasteiger partial charge on any atom is -0.351 e. The molecule has 0 radical (unpaired) electrons. The predicted octanol–water partition coefficient (Wildman–Crippen LogP) is 2.52. The van der Waals surface area contributed by atoms with Crippen LogP contribution in [0.5, 0.6) is 0 Å². The van der Waals surface area contributed by atoms with Crippen molar-refractivity contribution in [3.05, 3.63) is 29.8 Å². The zero-order valence-electron chi connectivity index (χ0n) is 11.7.